The van der Waals surface area contributed by atoms with Gasteiger partial charge in [-0.15, -0.1) is 0 Å². The van der Waals surface area contributed by atoms with E-state index < -0.39 is 40.7 Å². The van der Waals surface area contributed by atoms with E-state index in [0.717, 1.165) is 5.69 Å². The Bertz CT molecular complexity index is 855. The van der Waals surface area contributed by atoms with Crippen molar-refractivity contribution in [2.75, 3.05) is 42.9 Å². The summed E-state index contributed by atoms with van der Waals surface area (Å²) in [5.74, 6) is -11.4. The second-order valence-corrected chi connectivity index (χ2v) is 6.27. The van der Waals surface area contributed by atoms with Gasteiger partial charge in [0, 0.05) is 31.9 Å². The predicted octanol–water partition coefficient (Wildman–Crippen LogP) is 2.85. The van der Waals surface area contributed by atoms with Crippen LogP contribution in [-0.4, -0.2) is 48.6 Å². The van der Waals surface area contributed by atoms with E-state index >= 15 is 0 Å². The maximum absolute atomic E-state index is 13.6. The minimum absolute atomic E-state index is 0.146. The number of rotatable bonds is 4. The molecule has 150 valence electrons. The number of nitrogens with one attached hydrogen (secondary N) is 1. The maximum atomic E-state index is 13.6. The van der Waals surface area contributed by atoms with Crippen LogP contribution in [0.5, 0.6) is 5.75 Å². The molecule has 0 spiro atoms. The SMILES string of the molecule is O=C(CN1CCN(c2ccc(O)cc2)CC1)Nc1c(F)c(F)c(F)c(F)c1F. The summed E-state index contributed by atoms with van der Waals surface area (Å²) < 4.78 is 66.7. The largest absolute Gasteiger partial charge is 0.508 e. The van der Waals surface area contributed by atoms with Gasteiger partial charge >= 0.3 is 0 Å². The summed E-state index contributed by atoms with van der Waals surface area (Å²) in [6.45, 7) is 1.75. The molecule has 10 heteroatoms. The Kier molecular flexibility index (Phi) is 5.68. The number of anilines is 2. The van der Waals surface area contributed by atoms with E-state index in [1.54, 1.807) is 34.5 Å². The molecule has 0 bridgehead atoms. The Hall–Kier alpha value is -2.88. The zero-order chi connectivity index (χ0) is 20.4. The van der Waals surface area contributed by atoms with Crippen LogP contribution in [0.4, 0.5) is 33.3 Å². The molecule has 1 saturated heterocycles. The molecule has 1 heterocycles. The van der Waals surface area contributed by atoms with Crippen LogP contribution in [0.25, 0.3) is 0 Å². The lowest BCUT2D eigenvalue weighted by Gasteiger charge is -2.35. The highest BCUT2D eigenvalue weighted by Gasteiger charge is 2.27. The number of benzene rings is 2. The topological polar surface area (TPSA) is 55.8 Å². The number of piperazine rings is 1. The van der Waals surface area contributed by atoms with Gasteiger partial charge in [0.1, 0.15) is 11.4 Å². The van der Waals surface area contributed by atoms with E-state index in [1.165, 1.54) is 0 Å². The highest BCUT2D eigenvalue weighted by Crippen LogP contribution is 2.27. The van der Waals surface area contributed by atoms with Gasteiger partial charge in [-0.25, -0.2) is 22.0 Å². The van der Waals surface area contributed by atoms with E-state index in [2.05, 4.69) is 0 Å². The first-order chi connectivity index (χ1) is 13.3. The highest BCUT2D eigenvalue weighted by molar-refractivity contribution is 5.92. The number of carbonyl (C=O) groups excluding carboxylic acids is 1. The van der Waals surface area contributed by atoms with Gasteiger partial charge in [0.25, 0.3) is 0 Å². The van der Waals surface area contributed by atoms with Crippen molar-refractivity contribution in [2.45, 2.75) is 0 Å². The van der Waals surface area contributed by atoms with Crippen LogP contribution in [0.3, 0.4) is 0 Å². The van der Waals surface area contributed by atoms with Crippen molar-refractivity contribution in [1.82, 2.24) is 4.90 Å². The number of amides is 1. The molecule has 0 saturated carbocycles. The fourth-order valence-electron chi connectivity index (χ4n) is 2.92. The van der Waals surface area contributed by atoms with E-state index in [1.807, 2.05) is 4.90 Å². The quantitative estimate of drug-likeness (QED) is 0.470. The Balaban J connectivity index is 1.59. The minimum atomic E-state index is -2.28. The summed E-state index contributed by atoms with van der Waals surface area (Å²) in [5, 5.41) is 11.1. The Morgan fingerprint density at radius 2 is 1.36 bits per heavy atom. The third-order valence-electron chi connectivity index (χ3n) is 4.43. The molecule has 28 heavy (non-hydrogen) atoms. The summed E-state index contributed by atoms with van der Waals surface area (Å²) in [7, 11) is 0. The number of halogens is 5. The Morgan fingerprint density at radius 3 is 1.89 bits per heavy atom. The zero-order valence-electron chi connectivity index (χ0n) is 14.5. The molecule has 0 radical (unpaired) electrons. The van der Waals surface area contributed by atoms with Crippen LogP contribution in [0.2, 0.25) is 0 Å². The van der Waals surface area contributed by atoms with Crippen LogP contribution in [0.15, 0.2) is 24.3 Å². The summed E-state index contributed by atoms with van der Waals surface area (Å²) in [6.07, 6.45) is 0. The van der Waals surface area contributed by atoms with Crippen molar-refractivity contribution in [1.29, 1.82) is 0 Å². The number of hydrogen-bond acceptors (Lipinski definition) is 4. The predicted molar refractivity (Wildman–Crippen MR) is 91.6 cm³/mol. The average molecular weight is 401 g/mol. The van der Waals surface area contributed by atoms with Gasteiger partial charge in [-0.2, -0.15) is 0 Å². The lowest BCUT2D eigenvalue weighted by molar-refractivity contribution is -0.117. The molecule has 2 N–H and O–H groups in total. The first kappa shape index (κ1) is 19.9. The minimum Gasteiger partial charge on any atom is -0.508 e. The number of carbonyl (C=O) groups is 1. The standard InChI is InChI=1S/C18H16F5N3O2/c19-13-14(20)16(22)18(17(23)15(13)21)24-12(28)9-25-5-7-26(8-6-25)10-1-3-11(27)4-2-10/h1-4,27H,5-9H2,(H,24,28). The van der Waals surface area contributed by atoms with Crippen molar-refractivity contribution in [2.24, 2.45) is 0 Å². The van der Waals surface area contributed by atoms with Gasteiger partial charge in [-0.3, -0.25) is 9.69 Å². The molecular weight excluding hydrogens is 385 g/mol. The molecular formula is C18H16F5N3O2. The Morgan fingerprint density at radius 1 is 0.857 bits per heavy atom. The van der Waals surface area contributed by atoms with E-state index in [9.17, 15) is 31.9 Å². The third-order valence-corrected chi connectivity index (χ3v) is 4.43. The first-order valence-electron chi connectivity index (χ1n) is 8.35. The van der Waals surface area contributed by atoms with Crippen LogP contribution in [0, 0.1) is 29.1 Å². The summed E-state index contributed by atoms with van der Waals surface area (Å²) in [5.41, 5.74) is -0.465. The molecule has 1 aliphatic rings. The summed E-state index contributed by atoms with van der Waals surface area (Å²) in [6, 6.07) is 6.61. The summed E-state index contributed by atoms with van der Waals surface area (Å²) in [4.78, 5) is 15.7. The zero-order valence-corrected chi connectivity index (χ0v) is 14.5. The molecule has 0 aliphatic carbocycles. The number of hydrogen-bond donors (Lipinski definition) is 2. The van der Waals surface area contributed by atoms with Crippen LogP contribution < -0.4 is 10.2 Å². The average Bonchev–Trinajstić information content (AvgIpc) is 2.69. The monoisotopic (exact) mass is 401 g/mol. The number of phenols is 1. The fourth-order valence-corrected chi connectivity index (χ4v) is 2.92. The van der Waals surface area contributed by atoms with E-state index in [4.69, 9.17) is 0 Å². The van der Waals surface area contributed by atoms with Crippen LogP contribution >= 0.6 is 0 Å². The molecule has 0 atom stereocenters. The number of aromatic hydroxyl groups is 1. The number of nitrogens with zero attached hydrogens (tertiary/aromatic N) is 2. The van der Waals surface area contributed by atoms with Gasteiger partial charge in [0.05, 0.1) is 6.54 Å². The van der Waals surface area contributed by atoms with Gasteiger partial charge in [-0.05, 0) is 24.3 Å². The van der Waals surface area contributed by atoms with Gasteiger partial charge in [0.15, 0.2) is 23.3 Å². The first-order valence-corrected chi connectivity index (χ1v) is 8.35. The molecule has 2 aromatic rings. The molecule has 5 nitrogen and oxygen atoms in total. The fraction of sp³-hybridized carbons (Fsp3) is 0.278. The molecule has 1 fully saturated rings. The third kappa shape index (κ3) is 4.01. The van der Waals surface area contributed by atoms with Crippen molar-refractivity contribution >= 4 is 17.3 Å². The Labute approximate surface area is 157 Å². The van der Waals surface area contributed by atoms with Gasteiger partial charge in [0.2, 0.25) is 11.7 Å². The van der Waals surface area contributed by atoms with E-state index in [0.29, 0.717) is 26.2 Å². The second-order valence-electron chi connectivity index (χ2n) is 6.27. The number of phenolic OH excluding ortho intramolecular Hbond substituents is 1. The normalized spacial score (nSPS) is 15.0. The van der Waals surface area contributed by atoms with Gasteiger partial charge in [-0.1, -0.05) is 0 Å². The smallest absolute Gasteiger partial charge is 0.238 e. The molecule has 0 aromatic heterocycles. The van der Waals surface area contributed by atoms with Crippen molar-refractivity contribution in [3.63, 3.8) is 0 Å². The highest BCUT2D eigenvalue weighted by atomic mass is 19.2. The van der Waals surface area contributed by atoms with Gasteiger partial charge < -0.3 is 15.3 Å². The molecule has 1 amide bonds. The van der Waals surface area contributed by atoms with Crippen LogP contribution in [0.1, 0.15) is 0 Å². The molecule has 1 aliphatic heterocycles. The van der Waals surface area contributed by atoms with E-state index in [-0.39, 0.29) is 12.3 Å². The van der Waals surface area contributed by atoms with Crippen molar-refractivity contribution in [3.8, 4) is 5.75 Å². The lowest BCUT2D eigenvalue weighted by atomic mass is 10.2. The summed E-state index contributed by atoms with van der Waals surface area (Å²) >= 11 is 0. The van der Waals surface area contributed by atoms with Crippen molar-refractivity contribution in [3.05, 3.63) is 53.4 Å². The molecule has 2 aromatic carbocycles. The lowest BCUT2D eigenvalue weighted by Crippen LogP contribution is -2.48. The maximum Gasteiger partial charge on any atom is 0.238 e. The second kappa shape index (κ2) is 8.01. The molecule has 3 rings (SSSR count). The van der Waals surface area contributed by atoms with Crippen molar-refractivity contribution < 1.29 is 31.9 Å². The van der Waals surface area contributed by atoms with Crippen LogP contribution in [-0.2, 0) is 4.79 Å². The molecule has 0 unspecified atom stereocenters.